The minimum atomic E-state index is 0.251. The zero-order valence-electron chi connectivity index (χ0n) is 13.0. The molecule has 0 radical (unpaired) electrons. The maximum Gasteiger partial charge on any atom is 0.0590 e. The summed E-state index contributed by atoms with van der Waals surface area (Å²) >= 11 is 0. The number of hydrogen-bond donors (Lipinski definition) is 1. The van der Waals surface area contributed by atoms with E-state index < -0.39 is 0 Å². The van der Waals surface area contributed by atoms with Crippen molar-refractivity contribution in [3.63, 3.8) is 0 Å². The van der Waals surface area contributed by atoms with Gasteiger partial charge in [-0.1, -0.05) is 13.3 Å². The molecule has 112 valence electrons. The van der Waals surface area contributed by atoms with Crippen LogP contribution in [-0.2, 0) is 4.74 Å². The van der Waals surface area contributed by atoms with Crippen LogP contribution in [0.5, 0.6) is 0 Å². The van der Waals surface area contributed by atoms with Crippen molar-refractivity contribution in [2.24, 2.45) is 17.6 Å². The SMILES string of the molecule is CCC1CCC(CN)(N(CCOC)C(C)C2CC2)C1. The van der Waals surface area contributed by atoms with E-state index in [1.807, 2.05) is 0 Å². The van der Waals surface area contributed by atoms with Gasteiger partial charge in [-0.15, -0.1) is 0 Å². The molecule has 2 aliphatic rings. The number of hydrogen-bond acceptors (Lipinski definition) is 3. The van der Waals surface area contributed by atoms with Gasteiger partial charge >= 0.3 is 0 Å². The summed E-state index contributed by atoms with van der Waals surface area (Å²) in [6.45, 7) is 7.41. The Morgan fingerprint density at radius 2 is 2.11 bits per heavy atom. The average Bonchev–Trinajstić information content (AvgIpc) is 3.20. The molecular formula is C16H32N2O. The van der Waals surface area contributed by atoms with Crippen LogP contribution in [0.4, 0.5) is 0 Å². The third-order valence-corrected chi connectivity index (χ3v) is 5.59. The quantitative estimate of drug-likeness (QED) is 0.735. The van der Waals surface area contributed by atoms with Gasteiger partial charge in [-0.2, -0.15) is 0 Å². The number of rotatable bonds is 8. The predicted molar refractivity (Wildman–Crippen MR) is 80.2 cm³/mol. The van der Waals surface area contributed by atoms with Gasteiger partial charge in [0.15, 0.2) is 0 Å². The summed E-state index contributed by atoms with van der Waals surface area (Å²) in [5.74, 6) is 1.78. The van der Waals surface area contributed by atoms with E-state index in [1.165, 1.54) is 38.5 Å². The molecule has 0 saturated heterocycles. The minimum absolute atomic E-state index is 0.251. The van der Waals surface area contributed by atoms with Crippen LogP contribution >= 0.6 is 0 Å². The Morgan fingerprint density at radius 3 is 2.58 bits per heavy atom. The van der Waals surface area contributed by atoms with E-state index in [-0.39, 0.29) is 5.54 Å². The second-order valence-electron chi connectivity index (χ2n) is 6.71. The fraction of sp³-hybridized carbons (Fsp3) is 1.00. The second kappa shape index (κ2) is 6.55. The summed E-state index contributed by atoms with van der Waals surface area (Å²) in [5.41, 5.74) is 6.49. The van der Waals surface area contributed by atoms with Crippen molar-refractivity contribution in [3.8, 4) is 0 Å². The Balaban J connectivity index is 2.09. The van der Waals surface area contributed by atoms with Crippen LogP contribution in [0.25, 0.3) is 0 Å². The molecule has 3 unspecified atom stereocenters. The van der Waals surface area contributed by atoms with Crippen LogP contribution in [0.15, 0.2) is 0 Å². The van der Waals surface area contributed by atoms with Gasteiger partial charge in [0.25, 0.3) is 0 Å². The predicted octanol–water partition coefficient (Wildman–Crippen LogP) is 2.64. The highest BCUT2D eigenvalue weighted by Gasteiger charge is 2.46. The van der Waals surface area contributed by atoms with E-state index in [1.54, 1.807) is 7.11 Å². The summed E-state index contributed by atoms with van der Waals surface area (Å²) in [6.07, 6.45) is 8.04. The first-order chi connectivity index (χ1) is 9.16. The third-order valence-electron chi connectivity index (χ3n) is 5.59. The van der Waals surface area contributed by atoms with Crippen LogP contribution < -0.4 is 5.73 Å². The molecule has 0 amide bonds. The maximum atomic E-state index is 6.23. The molecule has 0 spiro atoms. The van der Waals surface area contributed by atoms with E-state index >= 15 is 0 Å². The molecule has 0 heterocycles. The summed E-state index contributed by atoms with van der Waals surface area (Å²) in [6, 6.07) is 0.675. The lowest BCUT2D eigenvalue weighted by Crippen LogP contribution is -2.57. The Kier molecular flexibility index (Phi) is 5.27. The summed E-state index contributed by atoms with van der Waals surface area (Å²) in [4.78, 5) is 2.71. The molecule has 2 fully saturated rings. The first-order valence-electron chi connectivity index (χ1n) is 8.12. The van der Waals surface area contributed by atoms with Crippen LogP contribution in [0.3, 0.4) is 0 Å². The molecule has 2 aliphatic carbocycles. The van der Waals surface area contributed by atoms with Crippen molar-refractivity contribution in [2.45, 2.75) is 64.0 Å². The fourth-order valence-electron chi connectivity index (χ4n) is 4.02. The number of methoxy groups -OCH3 is 1. The molecule has 2 rings (SSSR count). The Hall–Kier alpha value is -0.120. The van der Waals surface area contributed by atoms with Crippen LogP contribution in [-0.4, -0.2) is 43.3 Å². The van der Waals surface area contributed by atoms with Crippen molar-refractivity contribution in [1.82, 2.24) is 4.90 Å². The Labute approximate surface area is 118 Å². The smallest absolute Gasteiger partial charge is 0.0590 e. The fourth-order valence-corrected chi connectivity index (χ4v) is 4.02. The third kappa shape index (κ3) is 3.32. The lowest BCUT2D eigenvalue weighted by molar-refractivity contribution is 0.0219. The zero-order valence-corrected chi connectivity index (χ0v) is 13.0. The molecule has 2 N–H and O–H groups in total. The van der Waals surface area contributed by atoms with Gasteiger partial charge in [0.2, 0.25) is 0 Å². The first-order valence-corrected chi connectivity index (χ1v) is 8.12. The zero-order chi connectivity index (χ0) is 13.9. The van der Waals surface area contributed by atoms with Gasteiger partial charge in [-0.05, 0) is 50.9 Å². The molecule has 0 aromatic rings. The van der Waals surface area contributed by atoms with Crippen molar-refractivity contribution in [2.75, 3.05) is 26.8 Å². The Bertz CT molecular complexity index is 280. The average molecular weight is 268 g/mol. The molecule has 3 atom stereocenters. The molecule has 3 heteroatoms. The van der Waals surface area contributed by atoms with Gasteiger partial charge in [0.1, 0.15) is 0 Å². The number of ether oxygens (including phenoxy) is 1. The monoisotopic (exact) mass is 268 g/mol. The van der Waals surface area contributed by atoms with Crippen LogP contribution in [0.2, 0.25) is 0 Å². The molecule has 3 nitrogen and oxygen atoms in total. The number of nitrogens with two attached hydrogens (primary N) is 1. The van der Waals surface area contributed by atoms with E-state index in [4.69, 9.17) is 10.5 Å². The van der Waals surface area contributed by atoms with E-state index in [2.05, 4.69) is 18.7 Å². The van der Waals surface area contributed by atoms with E-state index in [9.17, 15) is 0 Å². The number of nitrogens with zero attached hydrogens (tertiary/aromatic N) is 1. The summed E-state index contributed by atoms with van der Waals surface area (Å²) in [5, 5.41) is 0. The van der Waals surface area contributed by atoms with Crippen molar-refractivity contribution in [1.29, 1.82) is 0 Å². The van der Waals surface area contributed by atoms with E-state index in [0.717, 1.165) is 31.5 Å². The van der Waals surface area contributed by atoms with Crippen LogP contribution in [0, 0.1) is 11.8 Å². The van der Waals surface area contributed by atoms with Crippen molar-refractivity contribution in [3.05, 3.63) is 0 Å². The van der Waals surface area contributed by atoms with Crippen molar-refractivity contribution >= 4 is 0 Å². The van der Waals surface area contributed by atoms with Gasteiger partial charge in [-0.25, -0.2) is 0 Å². The second-order valence-corrected chi connectivity index (χ2v) is 6.71. The van der Waals surface area contributed by atoms with E-state index in [0.29, 0.717) is 6.04 Å². The highest BCUT2D eigenvalue weighted by molar-refractivity contribution is 5.02. The molecule has 0 aliphatic heterocycles. The lowest BCUT2D eigenvalue weighted by Gasteiger charge is -2.45. The largest absolute Gasteiger partial charge is 0.383 e. The van der Waals surface area contributed by atoms with Gasteiger partial charge in [-0.3, -0.25) is 4.90 Å². The normalized spacial score (nSPS) is 33.0. The van der Waals surface area contributed by atoms with Gasteiger partial charge < -0.3 is 10.5 Å². The molecule has 19 heavy (non-hydrogen) atoms. The summed E-state index contributed by atoms with van der Waals surface area (Å²) < 4.78 is 5.34. The van der Waals surface area contributed by atoms with Crippen molar-refractivity contribution < 1.29 is 4.74 Å². The van der Waals surface area contributed by atoms with Crippen LogP contribution in [0.1, 0.15) is 52.4 Å². The molecular weight excluding hydrogens is 236 g/mol. The standard InChI is InChI=1S/C16H32N2O/c1-4-14-7-8-16(11-14,12-17)18(9-10-19-3)13(2)15-5-6-15/h13-15H,4-12,17H2,1-3H3. The summed E-state index contributed by atoms with van der Waals surface area (Å²) in [7, 11) is 1.80. The topological polar surface area (TPSA) is 38.5 Å². The molecule has 0 aromatic heterocycles. The molecule has 2 saturated carbocycles. The maximum absolute atomic E-state index is 6.23. The Morgan fingerprint density at radius 1 is 1.37 bits per heavy atom. The van der Waals surface area contributed by atoms with Gasteiger partial charge in [0, 0.05) is 31.8 Å². The first kappa shape index (κ1) is 15.3. The molecule has 0 aromatic carbocycles. The lowest BCUT2D eigenvalue weighted by atomic mass is 9.90. The van der Waals surface area contributed by atoms with Gasteiger partial charge in [0.05, 0.1) is 6.61 Å². The molecule has 0 bridgehead atoms. The minimum Gasteiger partial charge on any atom is -0.383 e. The highest BCUT2D eigenvalue weighted by atomic mass is 16.5. The highest BCUT2D eigenvalue weighted by Crippen LogP contribution is 2.44.